The summed E-state index contributed by atoms with van der Waals surface area (Å²) in [7, 11) is -3.71. The zero-order valence-electron chi connectivity index (χ0n) is 9.89. The van der Waals surface area contributed by atoms with Gasteiger partial charge in [-0.1, -0.05) is 23.2 Å². The topological polar surface area (TPSA) is 59.1 Å². The van der Waals surface area contributed by atoms with E-state index in [-0.39, 0.29) is 10.7 Å². The molecule has 0 atom stereocenters. The lowest BCUT2D eigenvalue weighted by Gasteiger charge is -2.10. The molecule has 0 bridgehead atoms. The Labute approximate surface area is 121 Å². The summed E-state index contributed by atoms with van der Waals surface area (Å²) in [5.41, 5.74) is 0.557. The summed E-state index contributed by atoms with van der Waals surface area (Å²) in [5, 5.41) is 0.887. The predicted molar refractivity (Wildman–Crippen MR) is 76.2 cm³/mol. The van der Waals surface area contributed by atoms with E-state index in [1.165, 1.54) is 24.4 Å². The molecule has 0 aliphatic rings. The van der Waals surface area contributed by atoms with Gasteiger partial charge in [0.1, 0.15) is 5.82 Å². The number of rotatable bonds is 3. The Hall–Kier alpha value is -1.30. The van der Waals surface area contributed by atoms with Crippen LogP contribution in [0, 0.1) is 6.92 Å². The highest BCUT2D eigenvalue weighted by Crippen LogP contribution is 2.22. The molecule has 0 spiro atoms. The van der Waals surface area contributed by atoms with Crippen LogP contribution in [-0.2, 0) is 10.0 Å². The fourth-order valence-electron chi connectivity index (χ4n) is 1.57. The third-order valence-corrected chi connectivity index (χ3v) is 4.37. The standard InChI is InChI=1S/C12H10Cl2N2O2S/c1-8-6-9(13)2-3-11(8)19(17,18)16-12-7-10(14)4-5-15-12/h2-7H,1H3,(H,15,16). The zero-order chi connectivity index (χ0) is 14.0. The van der Waals surface area contributed by atoms with Crippen molar-refractivity contribution in [3.8, 4) is 0 Å². The predicted octanol–water partition coefficient (Wildman–Crippen LogP) is 3.50. The summed E-state index contributed by atoms with van der Waals surface area (Å²) >= 11 is 11.6. The third-order valence-electron chi connectivity index (χ3n) is 2.39. The van der Waals surface area contributed by atoms with Crippen molar-refractivity contribution in [3.05, 3.63) is 52.1 Å². The Balaban J connectivity index is 2.38. The van der Waals surface area contributed by atoms with E-state index in [0.717, 1.165) is 0 Å². The Morgan fingerprint density at radius 2 is 1.79 bits per heavy atom. The minimum Gasteiger partial charge on any atom is -0.263 e. The first-order valence-corrected chi connectivity index (χ1v) is 7.53. The Bertz CT molecular complexity index is 717. The molecule has 1 N–H and O–H groups in total. The van der Waals surface area contributed by atoms with Gasteiger partial charge in [-0.15, -0.1) is 0 Å². The molecule has 0 amide bonds. The van der Waals surface area contributed by atoms with Gasteiger partial charge >= 0.3 is 0 Å². The summed E-state index contributed by atoms with van der Waals surface area (Å²) in [6, 6.07) is 7.55. The maximum atomic E-state index is 12.2. The highest BCUT2D eigenvalue weighted by Gasteiger charge is 2.17. The molecule has 100 valence electrons. The minimum absolute atomic E-state index is 0.152. The molecule has 0 fully saturated rings. The van der Waals surface area contributed by atoms with E-state index in [1.807, 2.05) is 0 Å². The lowest BCUT2D eigenvalue weighted by molar-refractivity contribution is 0.600. The van der Waals surface area contributed by atoms with Crippen LogP contribution in [0.4, 0.5) is 5.82 Å². The Morgan fingerprint density at radius 3 is 2.42 bits per heavy atom. The van der Waals surface area contributed by atoms with Gasteiger partial charge in [0.2, 0.25) is 0 Å². The van der Waals surface area contributed by atoms with E-state index in [9.17, 15) is 8.42 Å². The van der Waals surface area contributed by atoms with Gasteiger partial charge in [-0.3, -0.25) is 4.72 Å². The number of aromatic nitrogens is 1. The van der Waals surface area contributed by atoms with Crippen molar-refractivity contribution in [3.63, 3.8) is 0 Å². The van der Waals surface area contributed by atoms with Crippen LogP contribution < -0.4 is 4.72 Å². The van der Waals surface area contributed by atoms with Crippen molar-refractivity contribution < 1.29 is 8.42 Å². The van der Waals surface area contributed by atoms with Crippen LogP contribution in [0.1, 0.15) is 5.56 Å². The lowest BCUT2D eigenvalue weighted by atomic mass is 10.2. The lowest BCUT2D eigenvalue weighted by Crippen LogP contribution is -2.15. The van der Waals surface area contributed by atoms with E-state index in [1.54, 1.807) is 19.1 Å². The van der Waals surface area contributed by atoms with Crippen LogP contribution in [0.15, 0.2) is 41.4 Å². The first-order chi connectivity index (χ1) is 8.88. The average molecular weight is 317 g/mol. The number of pyridine rings is 1. The molecule has 4 nitrogen and oxygen atoms in total. The second-order valence-electron chi connectivity index (χ2n) is 3.87. The minimum atomic E-state index is -3.71. The van der Waals surface area contributed by atoms with Gasteiger partial charge < -0.3 is 0 Å². The summed E-state index contributed by atoms with van der Waals surface area (Å²) in [6.07, 6.45) is 1.43. The third kappa shape index (κ3) is 3.37. The number of hydrogen-bond donors (Lipinski definition) is 1. The van der Waals surface area contributed by atoms with E-state index < -0.39 is 10.0 Å². The number of aryl methyl sites for hydroxylation is 1. The molecular weight excluding hydrogens is 307 g/mol. The largest absolute Gasteiger partial charge is 0.263 e. The molecule has 1 aromatic carbocycles. The van der Waals surface area contributed by atoms with Crippen LogP contribution in [0.5, 0.6) is 0 Å². The van der Waals surface area contributed by atoms with Crippen molar-refractivity contribution in [1.29, 1.82) is 0 Å². The summed E-state index contributed by atoms with van der Waals surface area (Å²) in [4.78, 5) is 4.05. The first-order valence-electron chi connectivity index (χ1n) is 5.29. The van der Waals surface area contributed by atoms with E-state index in [0.29, 0.717) is 15.6 Å². The monoisotopic (exact) mass is 316 g/mol. The zero-order valence-corrected chi connectivity index (χ0v) is 12.2. The van der Waals surface area contributed by atoms with Gasteiger partial charge in [0.25, 0.3) is 10.0 Å². The van der Waals surface area contributed by atoms with Crippen LogP contribution in [-0.4, -0.2) is 13.4 Å². The number of nitrogens with zero attached hydrogens (tertiary/aromatic N) is 1. The number of nitrogens with one attached hydrogen (secondary N) is 1. The highest BCUT2D eigenvalue weighted by atomic mass is 35.5. The smallest absolute Gasteiger partial charge is 0.263 e. The normalized spacial score (nSPS) is 11.3. The second-order valence-corrected chi connectivity index (χ2v) is 6.40. The number of anilines is 1. The highest BCUT2D eigenvalue weighted by molar-refractivity contribution is 7.92. The molecule has 1 heterocycles. The summed E-state index contributed by atoms with van der Waals surface area (Å²) < 4.78 is 26.8. The molecule has 1 aromatic heterocycles. The Kier molecular flexibility index (Phi) is 3.99. The maximum absolute atomic E-state index is 12.2. The van der Waals surface area contributed by atoms with Gasteiger partial charge in [0.05, 0.1) is 4.90 Å². The number of halogens is 2. The van der Waals surface area contributed by atoms with Crippen LogP contribution in [0.25, 0.3) is 0 Å². The second kappa shape index (κ2) is 5.36. The summed E-state index contributed by atoms with van der Waals surface area (Å²) in [6.45, 7) is 1.67. The molecule has 0 unspecified atom stereocenters. The van der Waals surface area contributed by atoms with Gasteiger partial charge in [0.15, 0.2) is 0 Å². The molecule has 2 rings (SSSR count). The Morgan fingerprint density at radius 1 is 1.11 bits per heavy atom. The number of benzene rings is 1. The van der Waals surface area contributed by atoms with Crippen molar-refractivity contribution >= 4 is 39.0 Å². The first kappa shape index (κ1) is 14.1. The fourth-order valence-corrected chi connectivity index (χ4v) is 3.18. The molecular formula is C12H10Cl2N2O2S. The van der Waals surface area contributed by atoms with Gasteiger partial charge in [-0.25, -0.2) is 13.4 Å². The van der Waals surface area contributed by atoms with E-state index in [4.69, 9.17) is 23.2 Å². The van der Waals surface area contributed by atoms with Crippen LogP contribution >= 0.6 is 23.2 Å². The SMILES string of the molecule is Cc1cc(Cl)ccc1S(=O)(=O)Nc1cc(Cl)ccn1. The van der Waals surface area contributed by atoms with E-state index in [2.05, 4.69) is 9.71 Å². The fraction of sp³-hybridized carbons (Fsp3) is 0.0833. The quantitative estimate of drug-likeness (QED) is 0.942. The van der Waals surface area contributed by atoms with Gasteiger partial charge in [-0.05, 0) is 36.8 Å². The van der Waals surface area contributed by atoms with Gasteiger partial charge in [0, 0.05) is 22.3 Å². The van der Waals surface area contributed by atoms with Crippen LogP contribution in [0.2, 0.25) is 10.0 Å². The molecule has 7 heteroatoms. The van der Waals surface area contributed by atoms with Crippen LogP contribution in [0.3, 0.4) is 0 Å². The van der Waals surface area contributed by atoms with E-state index >= 15 is 0 Å². The molecule has 0 aliphatic carbocycles. The van der Waals surface area contributed by atoms with Crippen molar-refractivity contribution in [2.75, 3.05) is 4.72 Å². The summed E-state index contributed by atoms with van der Waals surface area (Å²) in [5.74, 6) is 0.168. The molecule has 0 saturated heterocycles. The van der Waals surface area contributed by atoms with Crippen molar-refractivity contribution in [2.45, 2.75) is 11.8 Å². The molecule has 0 saturated carbocycles. The average Bonchev–Trinajstić information content (AvgIpc) is 2.27. The molecule has 0 aliphatic heterocycles. The molecule has 0 radical (unpaired) electrons. The maximum Gasteiger partial charge on any atom is 0.263 e. The number of hydrogen-bond acceptors (Lipinski definition) is 3. The van der Waals surface area contributed by atoms with Gasteiger partial charge in [-0.2, -0.15) is 0 Å². The molecule has 2 aromatic rings. The number of sulfonamides is 1. The van der Waals surface area contributed by atoms with Crippen molar-refractivity contribution in [2.24, 2.45) is 0 Å². The van der Waals surface area contributed by atoms with Crippen molar-refractivity contribution in [1.82, 2.24) is 4.98 Å². The molecule has 19 heavy (non-hydrogen) atoms.